The summed E-state index contributed by atoms with van der Waals surface area (Å²) in [5, 5.41) is 24.1. The normalized spacial score (nSPS) is 18.2. The van der Waals surface area contributed by atoms with E-state index >= 15 is 0 Å². The molecule has 5 atom stereocenters. The summed E-state index contributed by atoms with van der Waals surface area (Å²) < 4.78 is 5.17. The van der Waals surface area contributed by atoms with E-state index in [1.807, 2.05) is 19.3 Å². The lowest BCUT2D eigenvalue weighted by Crippen LogP contribution is -2.56. The van der Waals surface area contributed by atoms with Crippen LogP contribution in [0.2, 0.25) is 0 Å². The zero-order valence-electron chi connectivity index (χ0n) is 22.3. The standard InChI is InChI=1S/C24H40N6O5S2/c1-14(2)22-28-18(12-36-22)10-30(6)23(33)29-20(17(5)31)21(32)26-15(3)7-8-16(4)27-24(34)35-11-19-9-25-13-37-19/h9,12-17,20,22,28,31H,7-8,10-11H2,1-6H3,(H,26,32)(H,27,34)(H,29,33). The number of hydrogen-bond donors (Lipinski definition) is 5. The van der Waals surface area contributed by atoms with Crippen molar-refractivity contribution in [3.63, 3.8) is 0 Å². The summed E-state index contributed by atoms with van der Waals surface area (Å²) in [6, 6.07) is -1.96. The van der Waals surface area contributed by atoms with Crippen molar-refractivity contribution < 1.29 is 24.2 Å². The number of carbonyl (C=O) groups excluding carboxylic acids is 3. The summed E-state index contributed by atoms with van der Waals surface area (Å²) in [4.78, 5) is 43.7. The summed E-state index contributed by atoms with van der Waals surface area (Å²) in [7, 11) is 1.64. The van der Waals surface area contributed by atoms with Gasteiger partial charge in [0.25, 0.3) is 0 Å². The highest BCUT2D eigenvalue weighted by Crippen LogP contribution is 2.26. The van der Waals surface area contributed by atoms with E-state index in [1.165, 1.54) is 23.2 Å². The lowest BCUT2D eigenvalue weighted by atomic mass is 10.1. The van der Waals surface area contributed by atoms with Gasteiger partial charge in [0, 0.05) is 31.0 Å². The maximum absolute atomic E-state index is 12.8. The van der Waals surface area contributed by atoms with Crippen LogP contribution >= 0.6 is 23.1 Å². The largest absolute Gasteiger partial charge is 0.444 e. The van der Waals surface area contributed by atoms with Crippen LogP contribution in [0.5, 0.6) is 0 Å². The van der Waals surface area contributed by atoms with Gasteiger partial charge in [0.1, 0.15) is 12.6 Å². The molecular weight excluding hydrogens is 516 g/mol. The fourth-order valence-corrected chi connectivity index (χ4v) is 4.95. The Bertz CT molecular complexity index is 911. The first-order valence-electron chi connectivity index (χ1n) is 12.4. The van der Waals surface area contributed by atoms with Gasteiger partial charge in [0.15, 0.2) is 0 Å². The number of thioether (sulfide) groups is 1. The van der Waals surface area contributed by atoms with Crippen molar-refractivity contribution in [2.24, 2.45) is 5.92 Å². The number of rotatable bonds is 13. The average molecular weight is 557 g/mol. The van der Waals surface area contributed by atoms with Crippen molar-refractivity contribution in [3.8, 4) is 0 Å². The first kappa shape index (κ1) is 30.7. The van der Waals surface area contributed by atoms with Crippen LogP contribution in [-0.4, -0.2) is 76.2 Å². The van der Waals surface area contributed by atoms with Gasteiger partial charge in [-0.3, -0.25) is 9.78 Å². The van der Waals surface area contributed by atoms with Crippen LogP contribution in [0.25, 0.3) is 0 Å². The zero-order chi connectivity index (χ0) is 27.5. The molecule has 1 aliphatic rings. The van der Waals surface area contributed by atoms with E-state index in [1.54, 1.807) is 30.5 Å². The molecule has 1 aromatic rings. The van der Waals surface area contributed by atoms with Gasteiger partial charge in [-0.25, -0.2) is 9.59 Å². The third-order valence-electron chi connectivity index (χ3n) is 5.70. The van der Waals surface area contributed by atoms with E-state index in [0.717, 1.165) is 10.6 Å². The Labute approximate surface area is 227 Å². The Morgan fingerprint density at radius 2 is 1.81 bits per heavy atom. The maximum atomic E-state index is 12.8. The van der Waals surface area contributed by atoms with Crippen LogP contribution in [0.1, 0.15) is 52.3 Å². The lowest BCUT2D eigenvalue weighted by Gasteiger charge is -2.27. The third-order valence-corrected chi connectivity index (χ3v) is 7.83. The van der Waals surface area contributed by atoms with E-state index in [9.17, 15) is 19.5 Å². The quantitative estimate of drug-likeness (QED) is 0.249. The molecule has 5 unspecified atom stereocenters. The first-order chi connectivity index (χ1) is 17.5. The molecule has 13 heteroatoms. The minimum absolute atomic E-state index is 0.166. The van der Waals surface area contributed by atoms with Gasteiger partial charge >= 0.3 is 12.1 Å². The van der Waals surface area contributed by atoms with E-state index in [4.69, 9.17) is 4.74 Å². The lowest BCUT2D eigenvalue weighted by molar-refractivity contribution is -0.126. The number of alkyl carbamates (subject to hydrolysis) is 1. The third kappa shape index (κ3) is 10.8. The minimum Gasteiger partial charge on any atom is -0.444 e. The number of urea groups is 1. The Balaban J connectivity index is 1.73. The average Bonchev–Trinajstić information content (AvgIpc) is 3.51. The molecule has 5 N–H and O–H groups in total. The first-order valence-corrected chi connectivity index (χ1v) is 14.2. The van der Waals surface area contributed by atoms with Gasteiger partial charge < -0.3 is 36.0 Å². The van der Waals surface area contributed by atoms with Gasteiger partial charge in [-0.2, -0.15) is 0 Å². The molecule has 1 aromatic heterocycles. The van der Waals surface area contributed by atoms with E-state index < -0.39 is 30.2 Å². The van der Waals surface area contributed by atoms with Crippen LogP contribution in [0.3, 0.4) is 0 Å². The molecule has 0 radical (unpaired) electrons. The van der Waals surface area contributed by atoms with Crippen LogP contribution in [-0.2, 0) is 16.1 Å². The molecule has 0 spiro atoms. The number of nitrogens with zero attached hydrogens (tertiary/aromatic N) is 2. The molecule has 1 aliphatic heterocycles. The Morgan fingerprint density at radius 1 is 1.14 bits per heavy atom. The smallest absolute Gasteiger partial charge is 0.407 e. The van der Waals surface area contributed by atoms with Crippen molar-refractivity contribution in [2.75, 3.05) is 13.6 Å². The fraction of sp³-hybridized carbons (Fsp3) is 0.667. The summed E-state index contributed by atoms with van der Waals surface area (Å²) in [6.07, 6.45) is 1.24. The predicted molar refractivity (Wildman–Crippen MR) is 146 cm³/mol. The van der Waals surface area contributed by atoms with Gasteiger partial charge in [-0.1, -0.05) is 13.8 Å². The van der Waals surface area contributed by atoms with Gasteiger partial charge in [-0.05, 0) is 44.9 Å². The Kier molecular flexibility index (Phi) is 12.5. The van der Waals surface area contributed by atoms with E-state index in [-0.39, 0.29) is 24.1 Å². The molecule has 2 heterocycles. The highest BCUT2D eigenvalue weighted by atomic mass is 32.2. The second-order valence-electron chi connectivity index (χ2n) is 9.69. The number of carbonyl (C=O) groups is 3. The number of thiazole rings is 1. The number of aromatic nitrogens is 1. The number of ether oxygens (including phenoxy) is 1. The van der Waals surface area contributed by atoms with Crippen molar-refractivity contribution in [2.45, 2.75) is 83.7 Å². The van der Waals surface area contributed by atoms with Crippen molar-refractivity contribution in [3.05, 3.63) is 27.7 Å². The molecule has 0 saturated heterocycles. The maximum Gasteiger partial charge on any atom is 0.407 e. The minimum atomic E-state index is -1.10. The topological polar surface area (TPSA) is 145 Å². The Morgan fingerprint density at radius 3 is 2.38 bits per heavy atom. The molecule has 2 rings (SSSR count). The monoisotopic (exact) mass is 556 g/mol. The molecule has 37 heavy (non-hydrogen) atoms. The summed E-state index contributed by atoms with van der Waals surface area (Å²) in [5.41, 5.74) is 2.61. The van der Waals surface area contributed by atoms with E-state index in [2.05, 4.69) is 40.1 Å². The summed E-state index contributed by atoms with van der Waals surface area (Å²) in [6.45, 7) is 9.94. The highest BCUT2D eigenvalue weighted by molar-refractivity contribution is 8.03. The second-order valence-corrected chi connectivity index (χ2v) is 11.7. The predicted octanol–water partition coefficient (Wildman–Crippen LogP) is 2.59. The number of likely N-dealkylation sites (N-methyl/N-ethyl adjacent to an activating group) is 1. The molecule has 0 fully saturated rings. The van der Waals surface area contributed by atoms with Crippen molar-refractivity contribution in [1.82, 2.24) is 31.2 Å². The summed E-state index contributed by atoms with van der Waals surface area (Å²) >= 11 is 3.10. The second kappa shape index (κ2) is 15.0. The van der Waals surface area contributed by atoms with Crippen LogP contribution in [0, 0.1) is 5.92 Å². The number of amides is 4. The van der Waals surface area contributed by atoms with Gasteiger partial charge in [-0.15, -0.1) is 23.1 Å². The summed E-state index contributed by atoms with van der Waals surface area (Å²) in [5.74, 6) is -0.0209. The molecule has 11 nitrogen and oxygen atoms in total. The van der Waals surface area contributed by atoms with Gasteiger partial charge in [0.05, 0.1) is 28.4 Å². The van der Waals surface area contributed by atoms with Gasteiger partial charge in [0.2, 0.25) is 5.91 Å². The Hall–Kier alpha value is -2.51. The van der Waals surface area contributed by atoms with E-state index in [0.29, 0.717) is 25.3 Å². The number of aliphatic hydroxyl groups is 1. The van der Waals surface area contributed by atoms with Crippen molar-refractivity contribution in [1.29, 1.82) is 0 Å². The molecular formula is C24H40N6O5S2. The molecule has 0 bridgehead atoms. The SMILES string of the molecule is CC(CCC(C)NC(=O)C(NC(=O)N(C)CC1=CSC(C(C)C)N1)C(C)O)NC(=O)OCc1cncs1. The molecule has 208 valence electrons. The molecule has 0 saturated carbocycles. The number of aliphatic hydroxyl groups excluding tert-OH is 1. The van der Waals surface area contributed by atoms with Crippen LogP contribution < -0.4 is 21.3 Å². The zero-order valence-corrected chi connectivity index (χ0v) is 23.9. The van der Waals surface area contributed by atoms with Crippen LogP contribution in [0.4, 0.5) is 9.59 Å². The molecule has 4 amide bonds. The number of hydrogen-bond acceptors (Lipinski definition) is 9. The number of nitrogens with one attached hydrogen (secondary N) is 4. The molecule has 0 aliphatic carbocycles. The highest BCUT2D eigenvalue weighted by Gasteiger charge is 2.29. The fourth-order valence-electron chi connectivity index (χ4n) is 3.46. The van der Waals surface area contributed by atoms with Crippen LogP contribution in [0.15, 0.2) is 22.8 Å². The molecule has 0 aromatic carbocycles. The van der Waals surface area contributed by atoms with Crippen molar-refractivity contribution >= 4 is 41.1 Å².